The Labute approximate surface area is 153 Å². The molecule has 0 bridgehead atoms. The minimum Gasteiger partial charge on any atom is -0.326 e. The molecule has 130 valence electrons. The Kier molecular flexibility index (Phi) is 5.90. The van der Waals surface area contributed by atoms with Crippen LogP contribution < -0.4 is 5.73 Å². The van der Waals surface area contributed by atoms with E-state index in [2.05, 4.69) is 20.8 Å². The number of dihydropyridines is 1. The van der Waals surface area contributed by atoms with Crippen LogP contribution in [0.15, 0.2) is 34.8 Å². The molecule has 0 aliphatic carbocycles. The summed E-state index contributed by atoms with van der Waals surface area (Å²) in [5.74, 6) is -0.491. The summed E-state index contributed by atoms with van der Waals surface area (Å²) < 4.78 is 0. The second-order valence-corrected chi connectivity index (χ2v) is 8.25. The van der Waals surface area contributed by atoms with Crippen molar-refractivity contribution in [2.45, 2.75) is 40.2 Å². The third-order valence-corrected chi connectivity index (χ3v) is 4.62. The quantitative estimate of drug-likeness (QED) is 0.784. The zero-order valence-corrected chi connectivity index (χ0v) is 16.1. The summed E-state index contributed by atoms with van der Waals surface area (Å²) in [5, 5.41) is 0.242. The predicted molar refractivity (Wildman–Crippen MR) is 103 cm³/mol. The minimum absolute atomic E-state index is 0.0713. The lowest BCUT2D eigenvalue weighted by Gasteiger charge is -2.32. The molecule has 0 spiro atoms. The number of carbonyl (C=O) groups excluding carboxylic acids is 1. The molecule has 1 aromatic carbocycles. The molecule has 3 nitrogen and oxygen atoms in total. The van der Waals surface area contributed by atoms with Gasteiger partial charge in [-0.1, -0.05) is 44.5 Å². The molecule has 2 rings (SSSR count). The molecule has 0 fully saturated rings. The lowest BCUT2D eigenvalue weighted by atomic mass is 9.77. The predicted octanol–water partition coefficient (Wildman–Crippen LogP) is 4.71. The summed E-state index contributed by atoms with van der Waals surface area (Å²) in [6.07, 6.45) is 0.796. The maximum atomic E-state index is 12.1. The van der Waals surface area contributed by atoms with Crippen LogP contribution in [0, 0.1) is 11.3 Å². The Morgan fingerprint density at radius 2 is 1.83 bits per heavy atom. The van der Waals surface area contributed by atoms with Gasteiger partial charge in [-0.2, -0.15) is 0 Å². The third-order valence-electron chi connectivity index (χ3n) is 4.13. The first-order valence-electron chi connectivity index (χ1n) is 8.09. The van der Waals surface area contributed by atoms with Gasteiger partial charge < -0.3 is 5.73 Å². The fourth-order valence-corrected chi connectivity index (χ4v) is 3.57. The van der Waals surface area contributed by atoms with Crippen molar-refractivity contribution in [3.05, 3.63) is 40.4 Å². The van der Waals surface area contributed by atoms with E-state index in [9.17, 15) is 4.79 Å². The largest absolute Gasteiger partial charge is 0.326 e. The number of rotatable bonds is 4. The molecular weight excluding hydrogens is 343 g/mol. The second kappa shape index (κ2) is 7.38. The summed E-state index contributed by atoms with van der Waals surface area (Å²) >= 11 is 11.9. The lowest BCUT2D eigenvalue weighted by molar-refractivity contribution is -0.113. The Morgan fingerprint density at radius 1 is 1.25 bits per heavy atom. The van der Waals surface area contributed by atoms with Crippen molar-refractivity contribution in [2.24, 2.45) is 22.1 Å². The van der Waals surface area contributed by atoms with Gasteiger partial charge in [0, 0.05) is 17.3 Å². The first-order chi connectivity index (χ1) is 11.1. The highest BCUT2D eigenvalue weighted by molar-refractivity contribution is 6.65. The lowest BCUT2D eigenvalue weighted by Crippen LogP contribution is -2.34. The van der Waals surface area contributed by atoms with Crippen LogP contribution in [-0.4, -0.2) is 23.5 Å². The number of nitrogens with two attached hydrogens (primary N) is 1. The molecule has 1 aromatic rings. The molecule has 5 heteroatoms. The second-order valence-electron chi connectivity index (χ2n) is 7.44. The number of benzene rings is 1. The van der Waals surface area contributed by atoms with E-state index in [1.165, 1.54) is 0 Å². The standard InChI is InChI=1S/C19H24Cl2N2O/c1-11-16(18(21)24)17(12-5-7-13(20)8-6-12)14(10-22)15(23-11)9-19(2,3)4/h5-8,11,16H,9-10,22H2,1-4H3. The van der Waals surface area contributed by atoms with Gasteiger partial charge >= 0.3 is 0 Å². The number of nitrogens with zero attached hydrogens (tertiary/aromatic N) is 1. The number of carbonyl (C=O) groups is 1. The van der Waals surface area contributed by atoms with Gasteiger partial charge in [0.2, 0.25) is 5.24 Å². The van der Waals surface area contributed by atoms with Crippen molar-refractivity contribution in [3.63, 3.8) is 0 Å². The van der Waals surface area contributed by atoms with Crippen LogP contribution in [0.25, 0.3) is 5.57 Å². The van der Waals surface area contributed by atoms with Crippen molar-refractivity contribution >= 4 is 39.7 Å². The van der Waals surface area contributed by atoms with Gasteiger partial charge in [-0.15, -0.1) is 0 Å². The smallest absolute Gasteiger partial charge is 0.231 e. The highest BCUT2D eigenvalue weighted by Crippen LogP contribution is 2.38. The van der Waals surface area contributed by atoms with E-state index in [1.54, 1.807) is 0 Å². The van der Waals surface area contributed by atoms with Crippen molar-refractivity contribution in [3.8, 4) is 0 Å². The molecular formula is C19H24Cl2N2O. The Balaban J connectivity index is 2.64. The first-order valence-corrected chi connectivity index (χ1v) is 8.85. The summed E-state index contributed by atoms with van der Waals surface area (Å²) in [6.45, 7) is 8.73. The van der Waals surface area contributed by atoms with Crippen LogP contribution in [0.2, 0.25) is 5.02 Å². The van der Waals surface area contributed by atoms with E-state index in [1.807, 2.05) is 31.2 Å². The van der Waals surface area contributed by atoms with Crippen molar-refractivity contribution in [1.29, 1.82) is 0 Å². The van der Waals surface area contributed by atoms with Crippen LogP contribution in [0.5, 0.6) is 0 Å². The molecule has 1 aliphatic heterocycles. The van der Waals surface area contributed by atoms with Gasteiger partial charge in [0.25, 0.3) is 0 Å². The van der Waals surface area contributed by atoms with Crippen molar-refractivity contribution in [2.75, 3.05) is 6.54 Å². The number of hydrogen-bond donors (Lipinski definition) is 1. The maximum absolute atomic E-state index is 12.1. The Hall–Kier alpha value is -1.16. The van der Waals surface area contributed by atoms with Gasteiger partial charge in [-0.05, 0) is 59.2 Å². The van der Waals surface area contributed by atoms with E-state index in [-0.39, 0.29) is 11.5 Å². The van der Waals surface area contributed by atoms with Crippen LogP contribution in [0.3, 0.4) is 0 Å². The molecule has 0 amide bonds. The van der Waals surface area contributed by atoms with E-state index in [0.29, 0.717) is 11.6 Å². The molecule has 0 radical (unpaired) electrons. The van der Waals surface area contributed by atoms with Crippen LogP contribution >= 0.6 is 23.2 Å². The number of hydrogen-bond acceptors (Lipinski definition) is 3. The fourth-order valence-electron chi connectivity index (χ4n) is 3.15. The monoisotopic (exact) mass is 366 g/mol. The molecule has 24 heavy (non-hydrogen) atoms. The summed E-state index contributed by atoms with van der Waals surface area (Å²) in [7, 11) is 0. The number of halogens is 2. The minimum atomic E-state index is -0.491. The Bertz CT molecular complexity index is 684. The fraction of sp³-hybridized carbons (Fsp3) is 0.474. The van der Waals surface area contributed by atoms with Gasteiger partial charge in [-0.3, -0.25) is 9.79 Å². The molecule has 0 saturated heterocycles. The van der Waals surface area contributed by atoms with Gasteiger partial charge in [-0.25, -0.2) is 0 Å². The normalized spacial score (nSPS) is 21.7. The molecule has 2 atom stereocenters. The molecule has 2 unspecified atom stereocenters. The summed E-state index contributed by atoms with van der Waals surface area (Å²) in [6, 6.07) is 7.23. The average Bonchev–Trinajstić information content (AvgIpc) is 2.45. The van der Waals surface area contributed by atoms with Gasteiger partial charge in [0.15, 0.2) is 0 Å². The average molecular weight is 367 g/mol. The topological polar surface area (TPSA) is 55.4 Å². The maximum Gasteiger partial charge on any atom is 0.231 e. The first kappa shape index (κ1) is 19.2. The third kappa shape index (κ3) is 4.27. The van der Waals surface area contributed by atoms with Crippen LogP contribution in [-0.2, 0) is 4.79 Å². The SMILES string of the molecule is CC1N=C(CC(C)(C)C)C(CN)=C(c2ccc(Cl)cc2)C1C(=O)Cl. The zero-order chi connectivity index (χ0) is 18.1. The highest BCUT2D eigenvalue weighted by Gasteiger charge is 2.36. The van der Waals surface area contributed by atoms with E-state index < -0.39 is 11.2 Å². The molecule has 0 saturated carbocycles. The molecule has 1 heterocycles. The van der Waals surface area contributed by atoms with E-state index in [4.69, 9.17) is 33.9 Å². The number of aliphatic imine (C=N–C) groups is 1. The highest BCUT2D eigenvalue weighted by atomic mass is 35.5. The van der Waals surface area contributed by atoms with Crippen LogP contribution in [0.1, 0.15) is 39.7 Å². The van der Waals surface area contributed by atoms with Gasteiger partial charge in [0.05, 0.1) is 12.0 Å². The van der Waals surface area contributed by atoms with Crippen LogP contribution in [0.4, 0.5) is 0 Å². The molecule has 2 N–H and O–H groups in total. The van der Waals surface area contributed by atoms with E-state index in [0.717, 1.165) is 28.8 Å². The van der Waals surface area contributed by atoms with Crippen molar-refractivity contribution in [1.82, 2.24) is 0 Å². The van der Waals surface area contributed by atoms with E-state index >= 15 is 0 Å². The summed E-state index contributed by atoms with van der Waals surface area (Å²) in [5.41, 5.74) is 9.83. The Morgan fingerprint density at radius 3 is 2.29 bits per heavy atom. The summed E-state index contributed by atoms with van der Waals surface area (Å²) in [4.78, 5) is 16.9. The zero-order valence-electron chi connectivity index (χ0n) is 14.6. The molecule has 0 aromatic heterocycles. The van der Waals surface area contributed by atoms with Crippen molar-refractivity contribution < 1.29 is 4.79 Å². The van der Waals surface area contributed by atoms with Gasteiger partial charge in [0.1, 0.15) is 0 Å². The molecule has 1 aliphatic rings.